The largest absolute Gasteiger partial charge is 0.398 e. The van der Waals surface area contributed by atoms with Crippen molar-refractivity contribution in [2.45, 2.75) is 0 Å². The molecule has 17 heavy (non-hydrogen) atoms. The van der Waals surface area contributed by atoms with Gasteiger partial charge in [0.1, 0.15) is 5.69 Å². The van der Waals surface area contributed by atoms with Crippen molar-refractivity contribution in [3.05, 3.63) is 45.7 Å². The average Bonchev–Trinajstić information content (AvgIpc) is 2.58. The van der Waals surface area contributed by atoms with Gasteiger partial charge >= 0.3 is 0 Å². The summed E-state index contributed by atoms with van der Waals surface area (Å²) in [6, 6.07) is 4.71. The van der Waals surface area contributed by atoms with Gasteiger partial charge in [0.05, 0.1) is 11.2 Å². The number of carbonyl (C=O) groups excluding carboxylic acids is 1. The van der Waals surface area contributed by atoms with E-state index >= 15 is 0 Å². The molecule has 0 amide bonds. The predicted molar refractivity (Wildman–Crippen MR) is 67.5 cm³/mol. The Morgan fingerprint density at radius 2 is 2.12 bits per heavy atom. The van der Waals surface area contributed by atoms with E-state index in [4.69, 9.17) is 28.9 Å². The lowest BCUT2D eigenvalue weighted by Crippen LogP contribution is -2.11. The smallest absolute Gasteiger partial charge is 0.214 e. The summed E-state index contributed by atoms with van der Waals surface area (Å²) in [7, 11) is 1.64. The highest BCUT2D eigenvalue weighted by atomic mass is 35.5. The number of rotatable bonds is 2. The lowest BCUT2D eigenvalue weighted by molar-refractivity contribution is 0.103. The third-order valence-electron chi connectivity index (χ3n) is 2.37. The summed E-state index contributed by atoms with van der Waals surface area (Å²) in [5.41, 5.74) is 6.74. The molecule has 0 radical (unpaired) electrons. The van der Waals surface area contributed by atoms with Gasteiger partial charge in [-0.15, -0.1) is 0 Å². The molecule has 4 nitrogen and oxygen atoms in total. The lowest BCUT2D eigenvalue weighted by Gasteiger charge is -2.06. The van der Waals surface area contributed by atoms with Gasteiger partial charge in [0.15, 0.2) is 0 Å². The third kappa shape index (κ3) is 2.14. The molecule has 0 aliphatic carbocycles. The molecule has 2 aromatic rings. The highest BCUT2D eigenvalue weighted by Gasteiger charge is 2.19. The standard InChI is InChI=1S/C11H9Cl2N3O/c1-16-10(8(13)5-15-16)11(17)7-3-2-6(12)4-9(7)14/h2-5H,14H2,1H3. The van der Waals surface area contributed by atoms with Crippen LogP contribution in [0.5, 0.6) is 0 Å². The van der Waals surface area contributed by atoms with E-state index in [0.29, 0.717) is 27.0 Å². The first-order chi connectivity index (χ1) is 8.00. The van der Waals surface area contributed by atoms with Gasteiger partial charge in [0.25, 0.3) is 0 Å². The molecule has 2 N–H and O–H groups in total. The number of aromatic nitrogens is 2. The molecule has 0 fully saturated rings. The Morgan fingerprint density at radius 1 is 1.41 bits per heavy atom. The molecule has 6 heteroatoms. The fourth-order valence-corrected chi connectivity index (χ4v) is 1.97. The Labute approximate surface area is 108 Å². The number of hydrogen-bond donors (Lipinski definition) is 1. The van der Waals surface area contributed by atoms with Crippen molar-refractivity contribution in [1.29, 1.82) is 0 Å². The maximum atomic E-state index is 12.2. The van der Waals surface area contributed by atoms with Crippen LogP contribution in [0.15, 0.2) is 24.4 Å². The zero-order valence-corrected chi connectivity index (χ0v) is 10.5. The van der Waals surface area contributed by atoms with E-state index in [1.165, 1.54) is 16.9 Å². The van der Waals surface area contributed by atoms with Crippen molar-refractivity contribution < 1.29 is 4.79 Å². The van der Waals surface area contributed by atoms with Crippen molar-refractivity contribution in [3.63, 3.8) is 0 Å². The molecule has 0 bridgehead atoms. The zero-order chi connectivity index (χ0) is 12.6. The highest BCUT2D eigenvalue weighted by Crippen LogP contribution is 2.24. The maximum Gasteiger partial charge on any atom is 0.214 e. The summed E-state index contributed by atoms with van der Waals surface area (Å²) in [4.78, 5) is 12.2. The van der Waals surface area contributed by atoms with Crippen molar-refractivity contribution in [2.75, 3.05) is 5.73 Å². The summed E-state index contributed by atoms with van der Waals surface area (Å²) < 4.78 is 1.42. The second-order valence-electron chi connectivity index (χ2n) is 3.53. The fraction of sp³-hybridized carbons (Fsp3) is 0.0909. The number of anilines is 1. The van der Waals surface area contributed by atoms with Crippen molar-refractivity contribution >= 4 is 34.7 Å². The van der Waals surface area contributed by atoms with Crippen LogP contribution in [0.4, 0.5) is 5.69 Å². The number of nitrogen functional groups attached to an aromatic ring is 1. The molecular weight excluding hydrogens is 261 g/mol. The van der Waals surface area contributed by atoms with Crippen LogP contribution in [-0.4, -0.2) is 15.6 Å². The molecule has 0 spiro atoms. The van der Waals surface area contributed by atoms with Crippen molar-refractivity contribution in [3.8, 4) is 0 Å². The number of aryl methyl sites for hydroxylation is 1. The van der Waals surface area contributed by atoms with Gasteiger partial charge in [-0.05, 0) is 18.2 Å². The molecule has 0 saturated carbocycles. The zero-order valence-electron chi connectivity index (χ0n) is 8.95. The normalized spacial score (nSPS) is 10.5. The van der Waals surface area contributed by atoms with E-state index in [-0.39, 0.29) is 5.78 Å². The number of nitrogens with two attached hydrogens (primary N) is 1. The summed E-state index contributed by atoms with van der Waals surface area (Å²) >= 11 is 11.7. The molecule has 1 aromatic heterocycles. The van der Waals surface area contributed by atoms with Crippen LogP contribution in [-0.2, 0) is 7.05 Å². The number of hydrogen-bond acceptors (Lipinski definition) is 3. The van der Waals surface area contributed by atoms with Crippen LogP contribution in [0.25, 0.3) is 0 Å². The number of nitrogens with zero attached hydrogens (tertiary/aromatic N) is 2. The summed E-state index contributed by atoms with van der Waals surface area (Å²) in [5, 5.41) is 4.69. The second-order valence-corrected chi connectivity index (χ2v) is 4.37. The summed E-state index contributed by atoms with van der Waals surface area (Å²) in [6.07, 6.45) is 1.42. The van der Waals surface area contributed by atoms with Crippen LogP contribution in [0.2, 0.25) is 10.0 Å². The number of halogens is 2. The lowest BCUT2D eigenvalue weighted by atomic mass is 10.1. The summed E-state index contributed by atoms with van der Waals surface area (Å²) in [6.45, 7) is 0. The van der Waals surface area contributed by atoms with Gasteiger partial charge in [-0.2, -0.15) is 5.10 Å². The van der Waals surface area contributed by atoms with Gasteiger partial charge < -0.3 is 5.73 Å². The Balaban J connectivity index is 2.51. The van der Waals surface area contributed by atoms with E-state index in [1.54, 1.807) is 19.2 Å². The molecule has 0 aliphatic heterocycles. The number of carbonyl (C=O) groups is 1. The van der Waals surface area contributed by atoms with Gasteiger partial charge in [-0.25, -0.2) is 0 Å². The number of benzene rings is 1. The second kappa shape index (κ2) is 4.39. The topological polar surface area (TPSA) is 60.9 Å². The first-order valence-corrected chi connectivity index (χ1v) is 5.53. The minimum atomic E-state index is -0.274. The van der Waals surface area contributed by atoms with E-state index in [2.05, 4.69) is 5.10 Å². The van der Waals surface area contributed by atoms with Crippen LogP contribution < -0.4 is 5.73 Å². The van der Waals surface area contributed by atoms with Gasteiger partial charge in [0, 0.05) is 23.3 Å². The monoisotopic (exact) mass is 269 g/mol. The van der Waals surface area contributed by atoms with E-state index in [0.717, 1.165) is 0 Å². The first kappa shape index (κ1) is 12.0. The van der Waals surface area contributed by atoms with Crippen LogP contribution in [0.1, 0.15) is 16.1 Å². The minimum Gasteiger partial charge on any atom is -0.398 e. The maximum absolute atomic E-state index is 12.2. The van der Waals surface area contributed by atoms with Crippen LogP contribution in [0.3, 0.4) is 0 Å². The van der Waals surface area contributed by atoms with Crippen LogP contribution in [0, 0.1) is 0 Å². The molecule has 0 aliphatic rings. The van der Waals surface area contributed by atoms with E-state index in [1.807, 2.05) is 0 Å². The quantitative estimate of drug-likeness (QED) is 0.673. The van der Waals surface area contributed by atoms with Crippen molar-refractivity contribution in [1.82, 2.24) is 9.78 Å². The molecular formula is C11H9Cl2N3O. The fourth-order valence-electron chi connectivity index (χ4n) is 1.53. The average molecular weight is 270 g/mol. The van der Waals surface area contributed by atoms with Gasteiger partial charge in [0.2, 0.25) is 5.78 Å². The first-order valence-electron chi connectivity index (χ1n) is 4.78. The minimum absolute atomic E-state index is 0.274. The van der Waals surface area contributed by atoms with Crippen molar-refractivity contribution in [2.24, 2.45) is 7.05 Å². The molecule has 1 heterocycles. The third-order valence-corrected chi connectivity index (χ3v) is 2.88. The summed E-state index contributed by atoms with van der Waals surface area (Å²) in [5.74, 6) is -0.274. The van der Waals surface area contributed by atoms with Crippen LogP contribution >= 0.6 is 23.2 Å². The SMILES string of the molecule is Cn1ncc(Cl)c1C(=O)c1ccc(Cl)cc1N. The van der Waals surface area contributed by atoms with Gasteiger partial charge in [-0.3, -0.25) is 9.48 Å². The Kier molecular flexibility index (Phi) is 3.09. The molecule has 0 unspecified atom stereocenters. The molecule has 88 valence electrons. The predicted octanol–water partition coefficient (Wildman–Crippen LogP) is 2.54. The van der Waals surface area contributed by atoms with Gasteiger partial charge in [-0.1, -0.05) is 23.2 Å². The Morgan fingerprint density at radius 3 is 2.65 bits per heavy atom. The molecule has 1 aromatic carbocycles. The Hall–Kier alpha value is -1.52. The van der Waals surface area contributed by atoms with E-state index in [9.17, 15) is 4.79 Å². The molecule has 0 atom stereocenters. The number of ketones is 1. The Bertz CT molecular complexity index is 573. The van der Waals surface area contributed by atoms with E-state index < -0.39 is 0 Å². The molecule has 0 saturated heterocycles. The molecule has 2 rings (SSSR count). The highest BCUT2D eigenvalue weighted by molar-refractivity contribution is 6.35.